The molecule has 0 aromatic carbocycles. The fourth-order valence-corrected chi connectivity index (χ4v) is 1.64. The van der Waals surface area contributed by atoms with Crippen LogP contribution in [0.25, 0.3) is 0 Å². The van der Waals surface area contributed by atoms with Crippen molar-refractivity contribution in [3.8, 4) is 0 Å². The van der Waals surface area contributed by atoms with Gasteiger partial charge in [-0.1, -0.05) is 11.6 Å². The minimum absolute atomic E-state index is 0.0529. The second-order valence-corrected chi connectivity index (χ2v) is 5.65. The summed E-state index contributed by atoms with van der Waals surface area (Å²) in [6, 6.07) is 1.000. The molecule has 1 aromatic heterocycles. The minimum Gasteiger partial charge on any atom is -0.351 e. The summed E-state index contributed by atoms with van der Waals surface area (Å²) in [5, 5.41) is 5.18. The quantitative estimate of drug-likeness (QED) is 0.835. The molecule has 0 radical (unpaired) electrons. The van der Waals surface area contributed by atoms with Crippen LogP contribution in [0.5, 0.6) is 0 Å². The minimum atomic E-state index is -0.648. The predicted octanol–water partition coefficient (Wildman–Crippen LogP) is 1.91. The number of amides is 2. The van der Waals surface area contributed by atoms with Gasteiger partial charge < -0.3 is 10.6 Å². The van der Waals surface area contributed by atoms with Gasteiger partial charge in [0.25, 0.3) is 5.91 Å². The van der Waals surface area contributed by atoms with Gasteiger partial charge in [-0.3, -0.25) is 9.59 Å². The lowest BCUT2D eigenvalue weighted by Crippen LogP contribution is -2.42. The van der Waals surface area contributed by atoms with E-state index in [2.05, 4.69) is 15.6 Å². The van der Waals surface area contributed by atoms with Gasteiger partial charge in [0, 0.05) is 18.5 Å². The molecule has 2 amide bonds. The Balaban J connectivity index is 2.48. The monoisotopic (exact) mass is 301 g/mol. The van der Waals surface area contributed by atoms with Crippen molar-refractivity contribution in [3.63, 3.8) is 0 Å². The maximum Gasteiger partial charge on any atom is 0.254 e. The summed E-state index contributed by atoms with van der Waals surface area (Å²) in [5.41, 5.74) is -0.375. The molecule has 0 bridgehead atoms. The van der Waals surface area contributed by atoms with E-state index in [4.69, 9.17) is 11.6 Å². The number of carbonyl (C=O) groups excluding carboxylic acids is 2. The molecule has 1 rings (SSSR count). The number of rotatable bonds is 4. The molecule has 110 valence electrons. The molecule has 0 aliphatic carbocycles. The third kappa shape index (κ3) is 5.52. The first kappa shape index (κ1) is 16.4. The molecule has 5 nitrogen and oxygen atoms in total. The molecular formula is C13H17ClFN3O2. The molecule has 0 saturated carbocycles. The Morgan fingerprint density at radius 3 is 2.65 bits per heavy atom. The number of hydrogen-bond donors (Lipinski definition) is 2. The zero-order valence-electron chi connectivity index (χ0n) is 11.6. The number of pyridine rings is 1. The number of carbonyl (C=O) groups is 2. The molecule has 2 N–H and O–H groups in total. The average molecular weight is 302 g/mol. The van der Waals surface area contributed by atoms with Gasteiger partial charge in [0.15, 0.2) is 0 Å². The first-order valence-corrected chi connectivity index (χ1v) is 6.47. The van der Waals surface area contributed by atoms with Gasteiger partial charge in [0.2, 0.25) is 5.91 Å². The largest absolute Gasteiger partial charge is 0.351 e. The summed E-state index contributed by atoms with van der Waals surface area (Å²) >= 11 is 5.70. The maximum atomic E-state index is 13.0. The van der Waals surface area contributed by atoms with Crippen LogP contribution in [0.1, 0.15) is 37.6 Å². The van der Waals surface area contributed by atoms with Gasteiger partial charge >= 0.3 is 0 Å². The Bertz CT molecular complexity index is 515. The summed E-state index contributed by atoms with van der Waals surface area (Å²) < 4.78 is 13.0. The summed E-state index contributed by atoms with van der Waals surface area (Å²) in [4.78, 5) is 26.8. The van der Waals surface area contributed by atoms with Crippen LogP contribution in [-0.4, -0.2) is 28.9 Å². The second kappa shape index (κ2) is 6.65. The Hall–Kier alpha value is -1.69. The SMILES string of the molecule is CC(C)(C)NC(=O)CCNC(=O)c1cc(F)cnc1Cl. The highest BCUT2D eigenvalue weighted by atomic mass is 35.5. The van der Waals surface area contributed by atoms with Gasteiger partial charge in [-0.25, -0.2) is 9.37 Å². The van der Waals surface area contributed by atoms with Crippen molar-refractivity contribution in [2.45, 2.75) is 32.7 Å². The van der Waals surface area contributed by atoms with Crippen molar-refractivity contribution in [2.75, 3.05) is 6.54 Å². The Morgan fingerprint density at radius 1 is 1.40 bits per heavy atom. The number of hydrogen-bond acceptors (Lipinski definition) is 3. The van der Waals surface area contributed by atoms with Gasteiger partial charge in [0.1, 0.15) is 11.0 Å². The van der Waals surface area contributed by atoms with Gasteiger partial charge in [0.05, 0.1) is 11.8 Å². The van der Waals surface area contributed by atoms with E-state index in [0.29, 0.717) is 0 Å². The van der Waals surface area contributed by atoms with Crippen molar-refractivity contribution in [1.29, 1.82) is 0 Å². The number of nitrogens with zero attached hydrogens (tertiary/aromatic N) is 1. The molecule has 7 heteroatoms. The Morgan fingerprint density at radius 2 is 2.05 bits per heavy atom. The fourth-order valence-electron chi connectivity index (χ4n) is 1.45. The van der Waals surface area contributed by atoms with E-state index in [1.165, 1.54) is 0 Å². The van der Waals surface area contributed by atoms with E-state index in [9.17, 15) is 14.0 Å². The fraction of sp³-hybridized carbons (Fsp3) is 0.462. The number of aromatic nitrogens is 1. The normalized spacial score (nSPS) is 11.1. The molecule has 0 spiro atoms. The van der Waals surface area contributed by atoms with Crippen LogP contribution in [0.15, 0.2) is 12.3 Å². The highest BCUT2D eigenvalue weighted by molar-refractivity contribution is 6.32. The molecule has 20 heavy (non-hydrogen) atoms. The number of nitrogens with one attached hydrogen (secondary N) is 2. The summed E-state index contributed by atoms with van der Waals surface area (Å²) in [5.74, 6) is -1.39. The van der Waals surface area contributed by atoms with Gasteiger partial charge in [-0.05, 0) is 26.8 Å². The van der Waals surface area contributed by atoms with E-state index in [1.807, 2.05) is 20.8 Å². The van der Waals surface area contributed by atoms with E-state index in [-0.39, 0.29) is 35.1 Å². The zero-order chi connectivity index (χ0) is 15.3. The van der Waals surface area contributed by atoms with Crippen LogP contribution in [0, 0.1) is 5.82 Å². The van der Waals surface area contributed by atoms with Crippen molar-refractivity contribution in [3.05, 3.63) is 28.8 Å². The van der Waals surface area contributed by atoms with Crippen LogP contribution < -0.4 is 10.6 Å². The van der Waals surface area contributed by atoms with Crippen molar-refractivity contribution >= 4 is 23.4 Å². The Kier molecular flexibility index (Phi) is 5.44. The molecular weight excluding hydrogens is 285 g/mol. The van der Waals surface area contributed by atoms with Crippen LogP contribution in [0.4, 0.5) is 4.39 Å². The molecule has 0 saturated heterocycles. The molecule has 0 unspecified atom stereocenters. The van der Waals surface area contributed by atoms with Gasteiger partial charge in [-0.2, -0.15) is 0 Å². The lowest BCUT2D eigenvalue weighted by Gasteiger charge is -2.20. The molecule has 0 fully saturated rings. The highest BCUT2D eigenvalue weighted by Gasteiger charge is 2.15. The molecule has 0 aliphatic heterocycles. The first-order chi connectivity index (χ1) is 9.19. The zero-order valence-corrected chi connectivity index (χ0v) is 12.3. The van der Waals surface area contributed by atoms with Crippen molar-refractivity contribution in [2.24, 2.45) is 0 Å². The van der Waals surface area contributed by atoms with Gasteiger partial charge in [-0.15, -0.1) is 0 Å². The van der Waals surface area contributed by atoms with E-state index in [1.54, 1.807) is 0 Å². The summed E-state index contributed by atoms with van der Waals surface area (Å²) in [7, 11) is 0. The molecule has 1 heterocycles. The smallest absolute Gasteiger partial charge is 0.254 e. The number of halogens is 2. The third-order valence-corrected chi connectivity index (χ3v) is 2.50. The van der Waals surface area contributed by atoms with E-state index in [0.717, 1.165) is 12.3 Å². The lowest BCUT2D eigenvalue weighted by atomic mass is 10.1. The summed E-state index contributed by atoms with van der Waals surface area (Å²) in [6.07, 6.45) is 1.05. The standard InChI is InChI=1S/C13H17ClFN3O2/c1-13(2,3)18-10(19)4-5-16-12(20)9-6-8(15)7-17-11(9)14/h6-7H,4-5H2,1-3H3,(H,16,20)(H,18,19). The van der Waals surface area contributed by atoms with E-state index >= 15 is 0 Å². The Labute approximate surface area is 121 Å². The average Bonchev–Trinajstić information content (AvgIpc) is 2.29. The highest BCUT2D eigenvalue weighted by Crippen LogP contribution is 2.13. The topological polar surface area (TPSA) is 71.1 Å². The van der Waals surface area contributed by atoms with Crippen LogP contribution >= 0.6 is 11.6 Å². The lowest BCUT2D eigenvalue weighted by molar-refractivity contribution is -0.122. The van der Waals surface area contributed by atoms with Crippen molar-refractivity contribution in [1.82, 2.24) is 15.6 Å². The van der Waals surface area contributed by atoms with E-state index < -0.39 is 11.7 Å². The maximum absolute atomic E-state index is 13.0. The first-order valence-electron chi connectivity index (χ1n) is 6.09. The predicted molar refractivity (Wildman–Crippen MR) is 74.1 cm³/mol. The van der Waals surface area contributed by atoms with Crippen LogP contribution in [0.3, 0.4) is 0 Å². The molecule has 1 aromatic rings. The van der Waals surface area contributed by atoms with Crippen LogP contribution in [-0.2, 0) is 4.79 Å². The molecule has 0 aliphatic rings. The summed E-state index contributed by atoms with van der Waals surface area (Å²) in [6.45, 7) is 5.72. The second-order valence-electron chi connectivity index (χ2n) is 5.30. The third-order valence-electron chi connectivity index (χ3n) is 2.20. The van der Waals surface area contributed by atoms with Crippen molar-refractivity contribution < 1.29 is 14.0 Å². The van der Waals surface area contributed by atoms with Crippen LogP contribution in [0.2, 0.25) is 5.15 Å². The molecule has 0 atom stereocenters.